The Kier molecular flexibility index (Phi) is 5.75. The van der Waals surface area contributed by atoms with Crippen molar-refractivity contribution >= 4 is 17.1 Å². The molecule has 0 N–H and O–H groups in total. The number of carbonyl (C=O) groups excluding carboxylic acids is 1. The monoisotopic (exact) mass is 170 g/mol. The van der Waals surface area contributed by atoms with Crippen LogP contribution in [-0.4, -0.2) is 5.78 Å². The van der Waals surface area contributed by atoms with Gasteiger partial charge in [-0.05, 0) is 18.4 Å². The van der Waals surface area contributed by atoms with E-state index in [0.717, 1.165) is 4.88 Å². The van der Waals surface area contributed by atoms with E-state index < -0.39 is 0 Å². The fourth-order valence-corrected chi connectivity index (χ4v) is 1.43. The molecule has 1 aromatic rings. The third-order valence-electron chi connectivity index (χ3n) is 1.00. The van der Waals surface area contributed by atoms with Gasteiger partial charge < -0.3 is 0 Å². The first-order chi connectivity index (χ1) is 5.29. The Balaban J connectivity index is 0.000000461. The Labute approximate surface area is 72.1 Å². The van der Waals surface area contributed by atoms with E-state index in [2.05, 4.69) is 0 Å². The van der Waals surface area contributed by atoms with Gasteiger partial charge in [-0.1, -0.05) is 19.9 Å². The van der Waals surface area contributed by atoms with Gasteiger partial charge in [0.1, 0.15) is 5.78 Å². The number of Topliss-reactive ketones (excluding diaryl/α,β-unsaturated/α-hetero) is 1. The molecule has 0 aliphatic rings. The van der Waals surface area contributed by atoms with Gasteiger partial charge in [-0.2, -0.15) is 0 Å². The molecular weight excluding hydrogens is 156 g/mol. The van der Waals surface area contributed by atoms with E-state index in [0.29, 0.717) is 6.42 Å². The predicted molar refractivity (Wildman–Crippen MR) is 50.1 cm³/mol. The normalized spacial score (nSPS) is 8.27. The smallest absolute Gasteiger partial charge is 0.135 e. The summed E-state index contributed by atoms with van der Waals surface area (Å²) in [7, 11) is 0. The zero-order chi connectivity index (χ0) is 8.69. The highest BCUT2D eigenvalue weighted by molar-refractivity contribution is 7.10. The van der Waals surface area contributed by atoms with Crippen molar-refractivity contribution < 1.29 is 4.79 Å². The van der Waals surface area contributed by atoms with Crippen LogP contribution < -0.4 is 0 Å². The summed E-state index contributed by atoms with van der Waals surface area (Å²) in [6, 6.07) is 3.94. The number of rotatable bonds is 2. The molecule has 0 amide bonds. The molecule has 0 atom stereocenters. The summed E-state index contributed by atoms with van der Waals surface area (Å²) in [5, 5.41) is 1.98. The van der Waals surface area contributed by atoms with Crippen molar-refractivity contribution in [2.75, 3.05) is 0 Å². The highest BCUT2D eigenvalue weighted by Gasteiger charge is 1.95. The van der Waals surface area contributed by atoms with E-state index in [1.165, 1.54) is 0 Å². The molecule has 2 heteroatoms. The molecule has 0 fully saturated rings. The van der Waals surface area contributed by atoms with Gasteiger partial charge in [0.2, 0.25) is 0 Å². The standard InChI is InChI=1S/C7H8OS.C2H6/c1-6(8)5-7-3-2-4-9-7;1-2/h2-4H,5H2,1H3;1-2H3. The topological polar surface area (TPSA) is 17.1 Å². The molecule has 11 heavy (non-hydrogen) atoms. The molecule has 0 bridgehead atoms. The second kappa shape index (κ2) is 6.10. The van der Waals surface area contributed by atoms with Crippen molar-refractivity contribution in [3.8, 4) is 0 Å². The molecule has 0 unspecified atom stereocenters. The van der Waals surface area contributed by atoms with E-state index in [4.69, 9.17) is 0 Å². The molecule has 62 valence electrons. The summed E-state index contributed by atoms with van der Waals surface area (Å²) >= 11 is 1.63. The molecule has 1 heterocycles. The van der Waals surface area contributed by atoms with Crippen LogP contribution in [0.5, 0.6) is 0 Å². The quantitative estimate of drug-likeness (QED) is 0.667. The van der Waals surface area contributed by atoms with Crippen LogP contribution in [0, 0.1) is 0 Å². The lowest BCUT2D eigenvalue weighted by Crippen LogP contribution is -1.92. The minimum absolute atomic E-state index is 0.234. The number of hydrogen-bond acceptors (Lipinski definition) is 2. The lowest BCUT2D eigenvalue weighted by atomic mass is 10.3. The van der Waals surface area contributed by atoms with E-state index in [9.17, 15) is 4.79 Å². The lowest BCUT2D eigenvalue weighted by molar-refractivity contribution is -0.116. The van der Waals surface area contributed by atoms with Gasteiger partial charge in [-0.3, -0.25) is 4.79 Å². The van der Waals surface area contributed by atoms with Crippen LogP contribution in [0.3, 0.4) is 0 Å². The van der Waals surface area contributed by atoms with Gasteiger partial charge in [0, 0.05) is 11.3 Å². The third-order valence-corrected chi connectivity index (χ3v) is 1.88. The molecule has 1 rings (SSSR count). The summed E-state index contributed by atoms with van der Waals surface area (Å²) < 4.78 is 0. The zero-order valence-electron chi connectivity index (χ0n) is 7.26. The fourth-order valence-electron chi connectivity index (χ4n) is 0.659. The molecule has 0 radical (unpaired) electrons. The van der Waals surface area contributed by atoms with Crippen LogP contribution >= 0.6 is 11.3 Å². The lowest BCUT2D eigenvalue weighted by Gasteiger charge is -1.86. The number of ketones is 1. The molecule has 0 saturated heterocycles. The van der Waals surface area contributed by atoms with Gasteiger partial charge in [0.25, 0.3) is 0 Å². The first-order valence-electron chi connectivity index (χ1n) is 3.81. The largest absolute Gasteiger partial charge is 0.300 e. The highest BCUT2D eigenvalue weighted by atomic mass is 32.1. The van der Waals surface area contributed by atoms with Crippen molar-refractivity contribution in [1.29, 1.82) is 0 Å². The van der Waals surface area contributed by atoms with Gasteiger partial charge >= 0.3 is 0 Å². The Morgan fingerprint density at radius 2 is 2.18 bits per heavy atom. The Morgan fingerprint density at radius 3 is 2.55 bits per heavy atom. The van der Waals surface area contributed by atoms with Crippen molar-refractivity contribution in [2.24, 2.45) is 0 Å². The average molecular weight is 170 g/mol. The Hall–Kier alpha value is -0.630. The molecule has 1 nitrogen and oxygen atoms in total. The van der Waals surface area contributed by atoms with Crippen molar-refractivity contribution in [2.45, 2.75) is 27.2 Å². The molecule has 0 spiro atoms. The van der Waals surface area contributed by atoms with Crippen LogP contribution in [0.25, 0.3) is 0 Å². The SMILES string of the molecule is CC.CC(=O)Cc1cccs1. The Bertz CT molecular complexity index is 189. The molecule has 1 aromatic heterocycles. The van der Waals surface area contributed by atoms with Gasteiger partial charge in [0.15, 0.2) is 0 Å². The first-order valence-corrected chi connectivity index (χ1v) is 4.69. The maximum Gasteiger partial charge on any atom is 0.135 e. The van der Waals surface area contributed by atoms with E-state index in [1.807, 2.05) is 31.4 Å². The van der Waals surface area contributed by atoms with Crippen LogP contribution in [0.2, 0.25) is 0 Å². The summed E-state index contributed by atoms with van der Waals surface area (Å²) in [4.78, 5) is 11.7. The minimum atomic E-state index is 0.234. The second-order valence-corrected chi connectivity index (χ2v) is 2.99. The average Bonchev–Trinajstić information content (AvgIpc) is 2.43. The molecule has 0 saturated carbocycles. The predicted octanol–water partition coefficient (Wildman–Crippen LogP) is 2.91. The summed E-state index contributed by atoms with van der Waals surface area (Å²) in [6.07, 6.45) is 0.595. The van der Waals surface area contributed by atoms with Gasteiger partial charge in [-0.25, -0.2) is 0 Å². The van der Waals surface area contributed by atoms with Gasteiger partial charge in [0.05, 0.1) is 0 Å². The highest BCUT2D eigenvalue weighted by Crippen LogP contribution is 2.08. The molecular formula is C9H14OS. The minimum Gasteiger partial charge on any atom is -0.300 e. The van der Waals surface area contributed by atoms with Crippen LogP contribution in [0.4, 0.5) is 0 Å². The van der Waals surface area contributed by atoms with Gasteiger partial charge in [-0.15, -0.1) is 11.3 Å². The maximum atomic E-state index is 10.5. The summed E-state index contributed by atoms with van der Waals surface area (Å²) in [6.45, 7) is 5.61. The van der Waals surface area contributed by atoms with Crippen LogP contribution in [-0.2, 0) is 11.2 Å². The third kappa shape index (κ3) is 4.73. The molecule has 0 aliphatic carbocycles. The second-order valence-electron chi connectivity index (χ2n) is 1.96. The molecule has 0 aliphatic heterocycles. The van der Waals surface area contributed by atoms with E-state index >= 15 is 0 Å². The number of thiophene rings is 1. The zero-order valence-corrected chi connectivity index (χ0v) is 8.07. The number of hydrogen-bond donors (Lipinski definition) is 0. The first kappa shape index (κ1) is 10.4. The van der Waals surface area contributed by atoms with E-state index in [1.54, 1.807) is 18.3 Å². The molecule has 0 aromatic carbocycles. The van der Waals surface area contributed by atoms with Crippen LogP contribution in [0.15, 0.2) is 17.5 Å². The Morgan fingerprint density at radius 1 is 1.55 bits per heavy atom. The summed E-state index contributed by atoms with van der Waals surface area (Å²) in [5.41, 5.74) is 0. The fraction of sp³-hybridized carbons (Fsp3) is 0.444. The van der Waals surface area contributed by atoms with Crippen LogP contribution in [0.1, 0.15) is 25.6 Å². The van der Waals surface area contributed by atoms with Crippen molar-refractivity contribution in [3.63, 3.8) is 0 Å². The van der Waals surface area contributed by atoms with E-state index in [-0.39, 0.29) is 5.78 Å². The summed E-state index contributed by atoms with van der Waals surface area (Å²) in [5.74, 6) is 0.234. The maximum absolute atomic E-state index is 10.5. The van der Waals surface area contributed by atoms with Crippen molar-refractivity contribution in [1.82, 2.24) is 0 Å². The van der Waals surface area contributed by atoms with Crippen molar-refractivity contribution in [3.05, 3.63) is 22.4 Å². The number of carbonyl (C=O) groups is 1.